The van der Waals surface area contributed by atoms with Gasteiger partial charge in [-0.1, -0.05) is 6.07 Å². The summed E-state index contributed by atoms with van der Waals surface area (Å²) in [5.41, 5.74) is 4.95. The van der Waals surface area contributed by atoms with E-state index in [1.54, 1.807) is 6.20 Å². The molecule has 142 valence electrons. The summed E-state index contributed by atoms with van der Waals surface area (Å²) in [5.74, 6) is 1.80. The highest BCUT2D eigenvalue weighted by Gasteiger charge is 2.41. The lowest BCUT2D eigenvalue weighted by atomic mass is 9.75. The Hall–Kier alpha value is -2.86. The molecular formula is C22H23N5O. The molecule has 0 unspecified atom stereocenters. The van der Waals surface area contributed by atoms with E-state index in [-0.39, 0.29) is 0 Å². The van der Waals surface area contributed by atoms with Crippen LogP contribution in [0.2, 0.25) is 0 Å². The van der Waals surface area contributed by atoms with Crippen LogP contribution in [-0.4, -0.2) is 40.9 Å². The third-order valence-corrected chi connectivity index (χ3v) is 6.34. The molecule has 6 heteroatoms. The molecule has 0 saturated carbocycles. The maximum atomic E-state index is 6.07. The minimum Gasteiger partial charge on any atom is -0.472 e. The standard InChI is InChI=1S/C22H23N5O/c1-7-22(13-23-14-22)15-26(9-1)20-6-5-19-18-4-3-17(27-10-2-8-24-27)11-16(18)12-28-21(19)25-20/h2-6,8,10-11,23H,1,7,9,12-15H2. The quantitative estimate of drug-likeness (QED) is 0.748. The largest absolute Gasteiger partial charge is 0.472 e. The van der Waals surface area contributed by atoms with Gasteiger partial charge in [0.25, 0.3) is 0 Å². The molecule has 5 heterocycles. The molecule has 1 aromatic carbocycles. The lowest BCUT2D eigenvalue weighted by Gasteiger charge is -2.49. The van der Waals surface area contributed by atoms with Gasteiger partial charge in [0.15, 0.2) is 0 Å². The molecule has 6 nitrogen and oxygen atoms in total. The van der Waals surface area contributed by atoms with Crippen LogP contribution in [0.15, 0.2) is 48.8 Å². The number of hydrogen-bond acceptors (Lipinski definition) is 5. The molecule has 1 N–H and O–H groups in total. The highest BCUT2D eigenvalue weighted by Crippen LogP contribution is 2.40. The van der Waals surface area contributed by atoms with E-state index in [1.807, 2.05) is 16.9 Å². The average molecular weight is 373 g/mol. The zero-order valence-corrected chi connectivity index (χ0v) is 15.8. The lowest BCUT2D eigenvalue weighted by molar-refractivity contribution is 0.138. The molecule has 0 radical (unpaired) electrons. The monoisotopic (exact) mass is 373 g/mol. The van der Waals surface area contributed by atoms with Gasteiger partial charge in [-0.15, -0.1) is 0 Å². The third kappa shape index (κ3) is 2.52. The summed E-state index contributed by atoms with van der Waals surface area (Å²) in [6.07, 6.45) is 6.31. The molecule has 0 atom stereocenters. The molecule has 3 aliphatic rings. The molecule has 0 amide bonds. The predicted molar refractivity (Wildman–Crippen MR) is 108 cm³/mol. The van der Waals surface area contributed by atoms with Crippen LogP contribution in [0, 0.1) is 5.41 Å². The van der Waals surface area contributed by atoms with E-state index in [9.17, 15) is 0 Å². The van der Waals surface area contributed by atoms with Crippen LogP contribution < -0.4 is 15.0 Å². The highest BCUT2D eigenvalue weighted by molar-refractivity contribution is 5.75. The topological polar surface area (TPSA) is 55.2 Å². The summed E-state index contributed by atoms with van der Waals surface area (Å²) >= 11 is 0. The van der Waals surface area contributed by atoms with E-state index in [1.165, 1.54) is 24.0 Å². The Morgan fingerprint density at radius 3 is 2.86 bits per heavy atom. The van der Waals surface area contributed by atoms with Crippen LogP contribution in [0.25, 0.3) is 16.8 Å². The Morgan fingerprint density at radius 2 is 2.04 bits per heavy atom. The number of benzene rings is 1. The Bertz CT molecular complexity index is 1030. The van der Waals surface area contributed by atoms with Crippen molar-refractivity contribution in [2.24, 2.45) is 5.41 Å². The minimum absolute atomic E-state index is 0.451. The molecule has 3 aromatic rings. The van der Waals surface area contributed by atoms with Crippen molar-refractivity contribution in [1.82, 2.24) is 20.1 Å². The number of anilines is 1. The lowest BCUT2D eigenvalue weighted by Crippen LogP contribution is -2.61. The fourth-order valence-corrected chi connectivity index (χ4v) is 4.76. The Labute approximate surface area is 164 Å². The Balaban J connectivity index is 1.32. The molecule has 2 fully saturated rings. The number of rotatable bonds is 2. The van der Waals surface area contributed by atoms with Crippen LogP contribution in [0.3, 0.4) is 0 Å². The average Bonchev–Trinajstić information content (AvgIpc) is 3.27. The fourth-order valence-electron chi connectivity index (χ4n) is 4.76. The maximum absolute atomic E-state index is 6.07. The van der Waals surface area contributed by atoms with E-state index in [4.69, 9.17) is 9.72 Å². The molecular weight excluding hydrogens is 350 g/mol. The van der Waals surface area contributed by atoms with E-state index in [2.05, 4.69) is 45.6 Å². The number of nitrogens with zero attached hydrogens (tertiary/aromatic N) is 4. The zero-order valence-electron chi connectivity index (χ0n) is 15.8. The van der Waals surface area contributed by atoms with Crippen LogP contribution >= 0.6 is 0 Å². The van der Waals surface area contributed by atoms with E-state index >= 15 is 0 Å². The molecule has 0 bridgehead atoms. The number of pyridine rings is 1. The molecule has 28 heavy (non-hydrogen) atoms. The molecule has 1 spiro atoms. The summed E-state index contributed by atoms with van der Waals surface area (Å²) in [7, 11) is 0. The molecule has 2 aromatic heterocycles. The van der Waals surface area contributed by atoms with E-state index in [0.717, 1.165) is 49.1 Å². The maximum Gasteiger partial charge on any atom is 0.223 e. The summed E-state index contributed by atoms with van der Waals surface area (Å²) in [6, 6.07) is 12.7. The predicted octanol–water partition coefficient (Wildman–Crippen LogP) is 3.02. The molecule has 2 saturated heterocycles. The first-order valence-electron chi connectivity index (χ1n) is 10.0. The third-order valence-electron chi connectivity index (χ3n) is 6.34. The van der Waals surface area contributed by atoms with Gasteiger partial charge in [-0.05, 0) is 54.3 Å². The van der Waals surface area contributed by atoms with Crippen molar-refractivity contribution in [1.29, 1.82) is 0 Å². The second kappa shape index (κ2) is 6.07. The molecule has 0 aliphatic carbocycles. The van der Waals surface area contributed by atoms with Crippen LogP contribution in [0.5, 0.6) is 5.88 Å². The zero-order chi connectivity index (χ0) is 18.6. The first-order chi connectivity index (χ1) is 13.8. The van der Waals surface area contributed by atoms with Gasteiger partial charge >= 0.3 is 0 Å². The van der Waals surface area contributed by atoms with Gasteiger partial charge in [0.2, 0.25) is 5.88 Å². The number of aromatic nitrogens is 3. The number of fused-ring (bicyclic) bond motifs is 3. The van der Waals surface area contributed by atoms with Crippen molar-refractivity contribution in [3.05, 3.63) is 54.4 Å². The van der Waals surface area contributed by atoms with Crippen molar-refractivity contribution >= 4 is 5.82 Å². The van der Waals surface area contributed by atoms with Crippen molar-refractivity contribution in [3.63, 3.8) is 0 Å². The minimum atomic E-state index is 0.451. The van der Waals surface area contributed by atoms with Crippen molar-refractivity contribution in [2.45, 2.75) is 19.4 Å². The smallest absolute Gasteiger partial charge is 0.223 e. The Kier molecular flexibility index (Phi) is 3.50. The van der Waals surface area contributed by atoms with Gasteiger partial charge in [-0.25, -0.2) is 4.68 Å². The van der Waals surface area contributed by atoms with Gasteiger partial charge < -0.3 is 15.0 Å². The van der Waals surface area contributed by atoms with Crippen LogP contribution in [0.1, 0.15) is 18.4 Å². The van der Waals surface area contributed by atoms with Crippen LogP contribution in [-0.2, 0) is 6.61 Å². The number of ether oxygens (including phenoxy) is 1. The molecule has 6 rings (SSSR count). The SMILES string of the molecule is c1cnn(-c2ccc3c(c2)COc2nc(N4CCCC5(CNC5)C4)ccc2-3)c1. The van der Waals surface area contributed by atoms with E-state index in [0.29, 0.717) is 12.0 Å². The van der Waals surface area contributed by atoms with Gasteiger partial charge in [0.1, 0.15) is 12.4 Å². The van der Waals surface area contributed by atoms with E-state index < -0.39 is 0 Å². The summed E-state index contributed by atoms with van der Waals surface area (Å²) in [4.78, 5) is 7.33. The van der Waals surface area contributed by atoms with Crippen molar-refractivity contribution < 1.29 is 4.74 Å². The first kappa shape index (κ1) is 16.1. The van der Waals surface area contributed by atoms with Gasteiger partial charge in [-0.3, -0.25) is 0 Å². The Morgan fingerprint density at radius 1 is 1.11 bits per heavy atom. The number of nitrogens with one attached hydrogen (secondary N) is 1. The van der Waals surface area contributed by atoms with Gasteiger partial charge in [0.05, 0.1) is 5.69 Å². The van der Waals surface area contributed by atoms with Gasteiger partial charge in [-0.2, -0.15) is 10.1 Å². The fraction of sp³-hybridized carbons (Fsp3) is 0.364. The highest BCUT2D eigenvalue weighted by atomic mass is 16.5. The number of hydrogen-bond donors (Lipinski definition) is 1. The summed E-state index contributed by atoms with van der Waals surface area (Å²) in [6.45, 7) is 4.99. The van der Waals surface area contributed by atoms with Crippen molar-refractivity contribution in [2.75, 3.05) is 31.1 Å². The summed E-state index contributed by atoms with van der Waals surface area (Å²) < 4.78 is 7.94. The summed E-state index contributed by atoms with van der Waals surface area (Å²) in [5, 5.41) is 7.76. The second-order valence-electron chi connectivity index (χ2n) is 8.23. The second-order valence-corrected chi connectivity index (χ2v) is 8.23. The first-order valence-corrected chi connectivity index (χ1v) is 10.0. The number of piperidine rings is 1. The molecule has 3 aliphatic heterocycles. The normalized spacial score (nSPS) is 19.5. The van der Waals surface area contributed by atoms with Gasteiger partial charge in [0, 0.05) is 49.6 Å². The van der Waals surface area contributed by atoms with Crippen LogP contribution in [0.4, 0.5) is 5.82 Å². The van der Waals surface area contributed by atoms with Crippen molar-refractivity contribution in [3.8, 4) is 22.7 Å².